The van der Waals surface area contributed by atoms with Crippen LogP contribution in [0, 0.1) is 29.6 Å². The first kappa shape index (κ1) is 56.8. The van der Waals surface area contributed by atoms with E-state index in [1.165, 1.54) is 85.6 Å². The van der Waals surface area contributed by atoms with Crippen LogP contribution in [0.15, 0.2) is 23.8 Å². The highest BCUT2D eigenvalue weighted by Crippen LogP contribution is 2.47. The van der Waals surface area contributed by atoms with Crippen LogP contribution >= 0.6 is 0 Å². The molecule has 0 aromatic heterocycles. The van der Waals surface area contributed by atoms with Crippen LogP contribution in [0.4, 0.5) is 0 Å². The molecule has 4 N–H and O–H groups in total. The third kappa shape index (κ3) is 16.2. The number of esters is 3. The third-order valence-corrected chi connectivity index (χ3v) is 13.1. The van der Waals surface area contributed by atoms with Crippen LogP contribution in [-0.4, -0.2) is 124 Å². The molecule has 1 saturated heterocycles. The summed E-state index contributed by atoms with van der Waals surface area (Å²) in [4.78, 5) is 81.3. The first-order valence-corrected chi connectivity index (χ1v) is 23.5. The SMILES string of the molecule is CC=CC(C)C1OC1(C)C(O)C1COC(=O)C(O)C(OC)C(C)C(=O)C(C)C(OC(C)=O)C(C)=CC(C)C(=O)CC(O)C(O)(COC(=O)CCCCCCCCCCCCCC)C1=O. The van der Waals surface area contributed by atoms with Crippen molar-refractivity contribution in [3.05, 3.63) is 23.8 Å². The van der Waals surface area contributed by atoms with Crippen LogP contribution in [0.1, 0.15) is 152 Å². The lowest BCUT2D eigenvalue weighted by Gasteiger charge is -2.36. The summed E-state index contributed by atoms with van der Waals surface area (Å²) in [6, 6.07) is 0. The van der Waals surface area contributed by atoms with Gasteiger partial charge < -0.3 is 44.1 Å². The molecule has 0 aromatic carbocycles. The number of hydrogen-bond donors (Lipinski definition) is 4. The van der Waals surface area contributed by atoms with Crippen LogP contribution < -0.4 is 0 Å². The number of aliphatic hydroxyl groups excluding tert-OH is 3. The second-order valence-electron chi connectivity index (χ2n) is 18.4. The number of unbranched alkanes of at least 4 members (excludes halogenated alkanes) is 11. The van der Waals surface area contributed by atoms with Crippen molar-refractivity contribution in [1.82, 2.24) is 0 Å². The number of rotatable bonds is 21. The number of ketones is 3. The van der Waals surface area contributed by atoms with Crippen molar-refractivity contribution in [2.45, 2.75) is 200 Å². The Morgan fingerprint density at radius 2 is 1.50 bits per heavy atom. The Morgan fingerprint density at radius 1 is 0.938 bits per heavy atom. The number of ether oxygens (including phenoxy) is 5. The van der Waals surface area contributed by atoms with E-state index in [2.05, 4.69) is 6.92 Å². The number of hydrogen-bond acceptors (Lipinski definition) is 15. The van der Waals surface area contributed by atoms with Crippen LogP contribution in [0.3, 0.4) is 0 Å². The first-order chi connectivity index (χ1) is 30.1. The van der Waals surface area contributed by atoms with Crippen molar-refractivity contribution >= 4 is 35.3 Å². The number of cyclic esters (lactones) is 1. The molecule has 13 unspecified atom stereocenters. The quantitative estimate of drug-likeness (QED) is 0.0347. The van der Waals surface area contributed by atoms with Gasteiger partial charge in [-0.05, 0) is 32.8 Å². The van der Waals surface area contributed by atoms with Gasteiger partial charge in [-0.3, -0.25) is 24.0 Å². The van der Waals surface area contributed by atoms with Crippen LogP contribution in [-0.2, 0) is 52.5 Å². The highest BCUT2D eigenvalue weighted by atomic mass is 16.6. The topological polar surface area (TPSA) is 233 Å². The van der Waals surface area contributed by atoms with Gasteiger partial charge in [0.25, 0.3) is 0 Å². The molecule has 0 amide bonds. The molecular weight excluding hydrogens is 829 g/mol. The summed E-state index contributed by atoms with van der Waals surface area (Å²) >= 11 is 0. The molecule has 0 spiro atoms. The Labute approximate surface area is 381 Å². The molecule has 1 fully saturated rings. The fraction of sp³-hybridized carbons (Fsp3) is 0.796. The highest BCUT2D eigenvalue weighted by molar-refractivity contribution is 5.93. The first-order valence-electron chi connectivity index (χ1n) is 23.5. The number of Topliss-reactive ketones (excluding diaryl/α,β-unsaturated/α-hetero) is 3. The van der Waals surface area contributed by atoms with Crippen molar-refractivity contribution in [2.75, 3.05) is 20.3 Å². The fourth-order valence-corrected chi connectivity index (χ4v) is 8.87. The predicted molar refractivity (Wildman–Crippen MR) is 239 cm³/mol. The molecule has 2 aliphatic rings. The van der Waals surface area contributed by atoms with E-state index in [1.54, 1.807) is 13.0 Å². The molecule has 2 rings (SSSR count). The summed E-state index contributed by atoms with van der Waals surface area (Å²) in [5.41, 5.74) is -4.17. The Bertz CT molecular complexity index is 1590. The number of methoxy groups -OCH3 is 1. The smallest absolute Gasteiger partial charge is 0.337 e. The summed E-state index contributed by atoms with van der Waals surface area (Å²) in [5.74, 6) is -10.8. The molecule has 64 heavy (non-hydrogen) atoms. The van der Waals surface area contributed by atoms with E-state index < -0.39 is 126 Å². The number of carbonyl (C=O) groups excluding carboxylic acids is 6. The lowest BCUT2D eigenvalue weighted by molar-refractivity contribution is -0.181. The minimum absolute atomic E-state index is 0.0423. The van der Waals surface area contributed by atoms with Gasteiger partial charge in [-0.2, -0.15) is 0 Å². The zero-order valence-electron chi connectivity index (χ0n) is 40.2. The number of aliphatic hydroxyl groups is 4. The Morgan fingerprint density at radius 3 is 2.03 bits per heavy atom. The molecule has 0 radical (unpaired) electrons. The van der Waals surface area contributed by atoms with Gasteiger partial charge in [0.15, 0.2) is 17.5 Å². The second kappa shape index (κ2) is 27.3. The van der Waals surface area contributed by atoms with Gasteiger partial charge >= 0.3 is 17.9 Å². The average Bonchev–Trinajstić information content (AvgIpc) is 3.96. The maximum atomic E-state index is 14.8. The normalized spacial score (nSPS) is 32.3. The molecular formula is C49H80O15. The van der Waals surface area contributed by atoms with E-state index in [0.717, 1.165) is 39.7 Å². The molecule has 13 atom stereocenters. The molecule has 0 aromatic rings. The van der Waals surface area contributed by atoms with Crippen LogP contribution in [0.2, 0.25) is 0 Å². The maximum absolute atomic E-state index is 14.8. The van der Waals surface area contributed by atoms with Gasteiger partial charge in [0.2, 0.25) is 0 Å². The second-order valence-corrected chi connectivity index (χ2v) is 18.4. The van der Waals surface area contributed by atoms with Crippen molar-refractivity contribution in [3.63, 3.8) is 0 Å². The minimum atomic E-state index is -3.02. The predicted octanol–water partition coefficient (Wildman–Crippen LogP) is 5.88. The van der Waals surface area contributed by atoms with Crippen molar-refractivity contribution in [2.24, 2.45) is 29.6 Å². The monoisotopic (exact) mass is 909 g/mol. The van der Waals surface area contributed by atoms with Gasteiger partial charge in [-0.1, -0.05) is 123 Å². The van der Waals surface area contributed by atoms with E-state index in [4.69, 9.17) is 23.7 Å². The Hall–Kier alpha value is -3.34. The number of carbonyl (C=O) groups is 6. The summed E-state index contributed by atoms with van der Waals surface area (Å²) in [5, 5.41) is 47.1. The van der Waals surface area contributed by atoms with Crippen LogP contribution in [0.5, 0.6) is 0 Å². The van der Waals surface area contributed by atoms with Gasteiger partial charge in [0.1, 0.15) is 48.7 Å². The summed E-state index contributed by atoms with van der Waals surface area (Å²) in [6.45, 7) is 12.3. The van der Waals surface area contributed by atoms with Gasteiger partial charge in [0.05, 0.1) is 24.0 Å². The minimum Gasteiger partial charge on any atom is -0.463 e. The largest absolute Gasteiger partial charge is 0.463 e. The molecule has 0 saturated carbocycles. The zero-order valence-corrected chi connectivity index (χ0v) is 40.2. The zero-order chi connectivity index (χ0) is 48.4. The molecule has 2 heterocycles. The molecule has 0 bridgehead atoms. The summed E-state index contributed by atoms with van der Waals surface area (Å²) < 4.78 is 27.8. The van der Waals surface area contributed by atoms with E-state index in [1.807, 2.05) is 13.0 Å². The molecule has 366 valence electrons. The molecule has 15 heteroatoms. The van der Waals surface area contributed by atoms with Gasteiger partial charge in [-0.15, -0.1) is 0 Å². The Kier molecular flexibility index (Phi) is 24.3. The highest BCUT2D eigenvalue weighted by Gasteiger charge is 2.63. The molecule has 15 nitrogen and oxygen atoms in total. The molecule has 0 aliphatic carbocycles. The van der Waals surface area contributed by atoms with E-state index >= 15 is 0 Å². The van der Waals surface area contributed by atoms with E-state index in [0.29, 0.717) is 6.42 Å². The number of allylic oxidation sites excluding steroid dienone is 2. The van der Waals surface area contributed by atoms with Crippen molar-refractivity contribution in [1.29, 1.82) is 0 Å². The standard InChI is InChI=1S/C49H80O15/c1-11-13-14-15-16-17-18-19-20-21-22-23-25-39(53)62-29-49(59)38(52)27-37(51)31(4)26-32(5)42(63-35(8)50)33(6)40(54)34(7)43(60-10)41(55)47(58)61-28-36(45(49)57)44(56)48(9)46(64-48)30(3)24-12-2/h12,24,26,30-31,33-34,36,38,41-44,46,52,55-56,59H,11,13-23,25,27-29H2,1-10H3. The van der Waals surface area contributed by atoms with Gasteiger partial charge in [-0.25, -0.2) is 4.79 Å². The van der Waals surface area contributed by atoms with Crippen LogP contribution in [0.25, 0.3) is 0 Å². The summed E-state index contributed by atoms with van der Waals surface area (Å²) in [6.07, 6.45) is 7.64. The Balaban J connectivity index is 2.50. The van der Waals surface area contributed by atoms with Gasteiger partial charge in [0, 0.05) is 44.6 Å². The molecule has 2 aliphatic heterocycles. The lowest BCUT2D eigenvalue weighted by atomic mass is 9.76. The van der Waals surface area contributed by atoms with E-state index in [-0.39, 0.29) is 17.9 Å². The fourth-order valence-electron chi connectivity index (χ4n) is 8.87. The number of epoxide rings is 1. The third-order valence-electron chi connectivity index (χ3n) is 13.1. The average molecular weight is 909 g/mol. The van der Waals surface area contributed by atoms with Crippen molar-refractivity contribution in [3.8, 4) is 0 Å². The maximum Gasteiger partial charge on any atom is 0.337 e. The summed E-state index contributed by atoms with van der Waals surface area (Å²) in [7, 11) is 1.16. The lowest BCUT2D eigenvalue weighted by Crippen LogP contribution is -2.60. The van der Waals surface area contributed by atoms with E-state index in [9.17, 15) is 49.2 Å². The van der Waals surface area contributed by atoms with Crippen molar-refractivity contribution < 1.29 is 72.9 Å².